The van der Waals surface area contributed by atoms with Crippen molar-refractivity contribution in [3.8, 4) is 0 Å². The van der Waals surface area contributed by atoms with Gasteiger partial charge in [-0.25, -0.2) is 0 Å². The van der Waals surface area contributed by atoms with Gasteiger partial charge >= 0.3 is 11.9 Å². The number of carbonyl (C=O) groups is 2. The van der Waals surface area contributed by atoms with E-state index in [0.29, 0.717) is 12.8 Å². The van der Waals surface area contributed by atoms with Gasteiger partial charge in [0.25, 0.3) is 0 Å². The number of hydrogen-bond acceptors (Lipinski definition) is 10. The van der Waals surface area contributed by atoms with Crippen LogP contribution in [0.3, 0.4) is 0 Å². The maximum absolute atomic E-state index is 12.4. The molecule has 0 saturated carbocycles. The zero-order chi connectivity index (χ0) is 29.6. The highest BCUT2D eigenvalue weighted by molar-refractivity contribution is 5.70. The van der Waals surface area contributed by atoms with Crippen LogP contribution in [-0.4, -0.2) is 89.0 Å². The SMILES string of the molecule is CCCCCCC/C=C\CCCCCCCC(=O)OC(COC(=O)CCC)COC1OC(CO)C(O)C(O)C1O. The van der Waals surface area contributed by atoms with E-state index in [2.05, 4.69) is 19.1 Å². The summed E-state index contributed by atoms with van der Waals surface area (Å²) in [5.41, 5.74) is 0. The molecule has 234 valence electrons. The first kappa shape index (κ1) is 36.5. The third-order valence-electron chi connectivity index (χ3n) is 6.87. The van der Waals surface area contributed by atoms with Gasteiger partial charge in [0.05, 0.1) is 13.2 Å². The van der Waals surface area contributed by atoms with E-state index >= 15 is 0 Å². The number of aliphatic hydroxyl groups excluding tert-OH is 4. The molecular formula is C30H54O10. The molecule has 1 fully saturated rings. The van der Waals surface area contributed by atoms with Crippen LogP contribution in [-0.2, 0) is 28.5 Å². The molecule has 0 aromatic rings. The van der Waals surface area contributed by atoms with Crippen LogP contribution < -0.4 is 0 Å². The van der Waals surface area contributed by atoms with E-state index < -0.39 is 55.4 Å². The fraction of sp³-hybridized carbons (Fsp3) is 0.867. The van der Waals surface area contributed by atoms with E-state index in [-0.39, 0.29) is 26.1 Å². The van der Waals surface area contributed by atoms with E-state index in [0.717, 1.165) is 38.5 Å². The molecule has 0 aromatic carbocycles. The van der Waals surface area contributed by atoms with Crippen LogP contribution in [0.2, 0.25) is 0 Å². The van der Waals surface area contributed by atoms with Crippen LogP contribution >= 0.6 is 0 Å². The van der Waals surface area contributed by atoms with Crippen molar-refractivity contribution in [2.24, 2.45) is 0 Å². The Labute approximate surface area is 240 Å². The molecule has 0 spiro atoms. The Morgan fingerprint density at radius 1 is 0.750 bits per heavy atom. The van der Waals surface area contributed by atoms with E-state index in [9.17, 15) is 30.0 Å². The van der Waals surface area contributed by atoms with E-state index in [1.807, 2.05) is 6.92 Å². The molecule has 6 unspecified atom stereocenters. The van der Waals surface area contributed by atoms with Crippen LogP contribution in [0.1, 0.15) is 110 Å². The fourth-order valence-electron chi connectivity index (χ4n) is 4.39. The van der Waals surface area contributed by atoms with Gasteiger partial charge in [-0.2, -0.15) is 0 Å². The van der Waals surface area contributed by atoms with Crippen LogP contribution in [0, 0.1) is 0 Å². The summed E-state index contributed by atoms with van der Waals surface area (Å²) in [5, 5.41) is 39.4. The van der Waals surface area contributed by atoms with E-state index in [1.165, 1.54) is 32.1 Å². The predicted octanol–water partition coefficient (Wildman–Crippen LogP) is 3.71. The van der Waals surface area contributed by atoms with Crippen molar-refractivity contribution in [1.29, 1.82) is 0 Å². The summed E-state index contributed by atoms with van der Waals surface area (Å²) in [7, 11) is 0. The summed E-state index contributed by atoms with van der Waals surface area (Å²) in [4.78, 5) is 24.2. The number of esters is 2. The van der Waals surface area contributed by atoms with Gasteiger partial charge in [0, 0.05) is 12.8 Å². The van der Waals surface area contributed by atoms with Crippen molar-refractivity contribution in [3.05, 3.63) is 12.2 Å². The van der Waals surface area contributed by atoms with Gasteiger partial charge in [-0.1, -0.05) is 70.9 Å². The minimum atomic E-state index is -1.59. The lowest BCUT2D eigenvalue weighted by Crippen LogP contribution is -2.59. The number of carbonyl (C=O) groups excluding carboxylic acids is 2. The second-order valence-corrected chi connectivity index (χ2v) is 10.6. The molecule has 40 heavy (non-hydrogen) atoms. The number of ether oxygens (including phenoxy) is 4. The fourth-order valence-corrected chi connectivity index (χ4v) is 4.39. The maximum atomic E-state index is 12.4. The zero-order valence-corrected chi connectivity index (χ0v) is 24.6. The zero-order valence-electron chi connectivity index (χ0n) is 24.6. The number of allylic oxidation sites excluding steroid dienone is 2. The molecule has 10 nitrogen and oxygen atoms in total. The predicted molar refractivity (Wildman–Crippen MR) is 150 cm³/mol. The molecule has 0 bridgehead atoms. The van der Waals surface area contributed by atoms with Crippen molar-refractivity contribution in [1.82, 2.24) is 0 Å². The molecule has 0 aromatic heterocycles. The molecule has 6 atom stereocenters. The van der Waals surface area contributed by atoms with Crippen molar-refractivity contribution in [2.75, 3.05) is 19.8 Å². The molecule has 0 radical (unpaired) electrons. The van der Waals surface area contributed by atoms with E-state index in [4.69, 9.17) is 18.9 Å². The second-order valence-electron chi connectivity index (χ2n) is 10.6. The lowest BCUT2D eigenvalue weighted by molar-refractivity contribution is -0.305. The standard InChI is InChI=1S/C30H54O10/c1-3-5-6-7-8-9-10-11-12-13-14-15-16-17-19-26(33)39-23(21-37-25(32)18-4-2)22-38-30-29(36)28(35)27(34)24(20-31)40-30/h10-11,23-24,27-31,34-36H,3-9,12-22H2,1-2H3/b11-10-. The molecule has 1 aliphatic rings. The number of aliphatic hydroxyl groups is 4. The highest BCUT2D eigenvalue weighted by Gasteiger charge is 2.44. The molecule has 4 N–H and O–H groups in total. The van der Waals surface area contributed by atoms with E-state index in [1.54, 1.807) is 0 Å². The van der Waals surface area contributed by atoms with Gasteiger partial charge in [0.1, 0.15) is 31.0 Å². The highest BCUT2D eigenvalue weighted by Crippen LogP contribution is 2.22. The minimum absolute atomic E-state index is 0.220. The molecule has 10 heteroatoms. The third-order valence-corrected chi connectivity index (χ3v) is 6.87. The van der Waals surface area contributed by atoms with Gasteiger partial charge in [0.15, 0.2) is 12.4 Å². The summed E-state index contributed by atoms with van der Waals surface area (Å²) in [5.74, 6) is -0.881. The Morgan fingerprint density at radius 2 is 1.38 bits per heavy atom. The number of rotatable bonds is 23. The van der Waals surface area contributed by atoms with Gasteiger partial charge in [-0.15, -0.1) is 0 Å². The summed E-state index contributed by atoms with van der Waals surface area (Å²) >= 11 is 0. The number of unbranched alkanes of at least 4 members (excludes halogenated alkanes) is 10. The Bertz CT molecular complexity index is 683. The Kier molecular flexibility index (Phi) is 21.0. The van der Waals surface area contributed by atoms with Crippen molar-refractivity contribution in [2.45, 2.75) is 147 Å². The van der Waals surface area contributed by atoms with Gasteiger partial charge in [-0.05, 0) is 38.5 Å². The average molecular weight is 575 g/mol. The highest BCUT2D eigenvalue weighted by atomic mass is 16.7. The first-order valence-electron chi connectivity index (χ1n) is 15.3. The van der Waals surface area contributed by atoms with Crippen LogP contribution in [0.15, 0.2) is 12.2 Å². The van der Waals surface area contributed by atoms with Crippen molar-refractivity contribution in [3.63, 3.8) is 0 Å². The molecule has 1 rings (SSSR count). The lowest BCUT2D eigenvalue weighted by atomic mass is 9.99. The van der Waals surface area contributed by atoms with Crippen LogP contribution in [0.4, 0.5) is 0 Å². The largest absolute Gasteiger partial charge is 0.462 e. The van der Waals surface area contributed by atoms with Crippen molar-refractivity contribution >= 4 is 11.9 Å². The first-order valence-corrected chi connectivity index (χ1v) is 15.3. The van der Waals surface area contributed by atoms with Crippen molar-refractivity contribution < 1.29 is 49.0 Å². The Balaban J connectivity index is 2.33. The van der Waals surface area contributed by atoms with Crippen LogP contribution in [0.25, 0.3) is 0 Å². The Hall–Kier alpha value is -1.56. The topological polar surface area (TPSA) is 152 Å². The lowest BCUT2D eigenvalue weighted by Gasteiger charge is -2.39. The second kappa shape index (κ2) is 23.1. The summed E-state index contributed by atoms with van der Waals surface area (Å²) in [6.45, 7) is 2.97. The smallest absolute Gasteiger partial charge is 0.306 e. The number of hydrogen-bond donors (Lipinski definition) is 4. The van der Waals surface area contributed by atoms with Gasteiger partial charge in [-0.3, -0.25) is 9.59 Å². The van der Waals surface area contributed by atoms with Crippen LogP contribution in [0.5, 0.6) is 0 Å². The summed E-state index contributed by atoms with van der Waals surface area (Å²) < 4.78 is 21.5. The van der Waals surface area contributed by atoms with Gasteiger partial charge < -0.3 is 39.4 Å². The summed E-state index contributed by atoms with van der Waals surface area (Å²) in [6, 6.07) is 0. The molecule has 1 aliphatic heterocycles. The first-order chi connectivity index (χ1) is 19.3. The minimum Gasteiger partial charge on any atom is -0.462 e. The maximum Gasteiger partial charge on any atom is 0.306 e. The normalized spacial score (nSPS) is 23.8. The van der Waals surface area contributed by atoms with Gasteiger partial charge in [0.2, 0.25) is 0 Å². The summed E-state index contributed by atoms with van der Waals surface area (Å²) in [6.07, 6.45) is 11.2. The molecular weight excluding hydrogens is 520 g/mol. The average Bonchev–Trinajstić information content (AvgIpc) is 2.94. The molecule has 0 aliphatic carbocycles. The Morgan fingerprint density at radius 3 is 2.00 bits per heavy atom. The monoisotopic (exact) mass is 574 g/mol. The molecule has 1 saturated heterocycles. The quantitative estimate of drug-likeness (QED) is 0.0807. The molecule has 1 heterocycles. The molecule has 0 amide bonds. The third kappa shape index (κ3) is 16.0.